The van der Waals surface area contributed by atoms with Crippen molar-refractivity contribution in [2.45, 2.75) is 19.3 Å². The van der Waals surface area contributed by atoms with Gasteiger partial charge in [-0.15, -0.1) is 7.92 Å². The standard InChI is InChI=1S/C13H20NO9P/c15-9(14(7-12(20)21)8-13(22)23)1-4-24(5-2-10(16)17)6-3-11(18)19/h1-8H2,(H,16,17)(H,18,19)(H,20,21)(H,22,23). The molecule has 0 aliphatic rings. The summed E-state index contributed by atoms with van der Waals surface area (Å²) in [4.78, 5) is 55.2. The number of hydrogen-bond donors (Lipinski definition) is 4. The van der Waals surface area contributed by atoms with Crippen LogP contribution in [0.4, 0.5) is 0 Å². The molecule has 4 N–H and O–H groups in total. The van der Waals surface area contributed by atoms with Gasteiger partial charge < -0.3 is 25.3 Å². The fraction of sp³-hybridized carbons (Fsp3) is 0.615. The predicted octanol–water partition coefficient (Wildman–Crippen LogP) is -0.194. The van der Waals surface area contributed by atoms with E-state index in [1.807, 2.05) is 0 Å². The smallest absolute Gasteiger partial charge is 0.323 e. The highest BCUT2D eigenvalue weighted by Gasteiger charge is 2.21. The van der Waals surface area contributed by atoms with Crippen LogP contribution in [-0.4, -0.2) is 86.7 Å². The molecule has 0 saturated heterocycles. The van der Waals surface area contributed by atoms with E-state index in [0.717, 1.165) is 0 Å². The highest BCUT2D eigenvalue weighted by atomic mass is 31.1. The zero-order chi connectivity index (χ0) is 18.7. The molecule has 136 valence electrons. The number of carboxylic acids is 4. The molecule has 0 aromatic heterocycles. The molecule has 0 aliphatic carbocycles. The first-order valence-corrected chi connectivity index (χ1v) is 8.88. The second kappa shape index (κ2) is 11.3. The van der Waals surface area contributed by atoms with Gasteiger partial charge in [0.05, 0.1) is 0 Å². The van der Waals surface area contributed by atoms with Gasteiger partial charge in [-0.3, -0.25) is 24.0 Å². The lowest BCUT2D eigenvalue weighted by Gasteiger charge is -2.21. The van der Waals surface area contributed by atoms with Crippen molar-refractivity contribution in [1.29, 1.82) is 0 Å². The summed E-state index contributed by atoms with van der Waals surface area (Å²) in [5.41, 5.74) is 0. The number of hydrogen-bond acceptors (Lipinski definition) is 5. The zero-order valence-electron chi connectivity index (χ0n) is 12.9. The minimum absolute atomic E-state index is 0.145. The van der Waals surface area contributed by atoms with Gasteiger partial charge in [-0.05, 0) is 18.5 Å². The van der Waals surface area contributed by atoms with E-state index in [-0.39, 0.29) is 37.7 Å². The van der Waals surface area contributed by atoms with E-state index < -0.39 is 50.8 Å². The number of aliphatic carboxylic acids is 4. The summed E-state index contributed by atoms with van der Waals surface area (Å²) >= 11 is 0. The maximum atomic E-state index is 12.0. The molecule has 0 unspecified atom stereocenters. The lowest BCUT2D eigenvalue weighted by molar-refractivity contribution is -0.149. The summed E-state index contributed by atoms with van der Waals surface area (Å²) in [5.74, 6) is -5.41. The molecule has 0 aromatic rings. The molecule has 0 spiro atoms. The van der Waals surface area contributed by atoms with Crippen molar-refractivity contribution in [3.63, 3.8) is 0 Å². The van der Waals surface area contributed by atoms with Crippen LogP contribution >= 0.6 is 7.92 Å². The van der Waals surface area contributed by atoms with Crippen LogP contribution in [0.2, 0.25) is 0 Å². The van der Waals surface area contributed by atoms with Crippen LogP contribution in [0.3, 0.4) is 0 Å². The summed E-state index contributed by atoms with van der Waals surface area (Å²) < 4.78 is 0. The van der Waals surface area contributed by atoms with Gasteiger partial charge in [-0.1, -0.05) is 0 Å². The minimum atomic E-state index is -1.34. The Balaban J connectivity index is 4.65. The lowest BCUT2D eigenvalue weighted by Crippen LogP contribution is -2.39. The fourth-order valence-electron chi connectivity index (χ4n) is 1.81. The molecular weight excluding hydrogens is 345 g/mol. The minimum Gasteiger partial charge on any atom is -0.481 e. The average Bonchev–Trinajstić information content (AvgIpc) is 2.43. The molecule has 0 aliphatic heterocycles. The monoisotopic (exact) mass is 365 g/mol. The Labute approximate surface area is 138 Å². The van der Waals surface area contributed by atoms with E-state index in [1.165, 1.54) is 0 Å². The largest absolute Gasteiger partial charge is 0.481 e. The van der Waals surface area contributed by atoms with Crippen molar-refractivity contribution < 1.29 is 44.4 Å². The Morgan fingerprint density at radius 1 is 0.625 bits per heavy atom. The highest BCUT2D eigenvalue weighted by molar-refractivity contribution is 7.57. The third kappa shape index (κ3) is 11.4. The van der Waals surface area contributed by atoms with Gasteiger partial charge in [-0.2, -0.15) is 0 Å². The molecule has 0 atom stereocenters. The molecule has 0 aromatic carbocycles. The first-order chi connectivity index (χ1) is 11.1. The number of carbonyl (C=O) groups is 5. The summed E-state index contributed by atoms with van der Waals surface area (Å²) in [7, 11) is -1.03. The summed E-state index contributed by atoms with van der Waals surface area (Å²) in [6, 6.07) is 0. The van der Waals surface area contributed by atoms with Crippen molar-refractivity contribution in [1.82, 2.24) is 4.90 Å². The molecule has 24 heavy (non-hydrogen) atoms. The van der Waals surface area contributed by atoms with E-state index >= 15 is 0 Å². The number of carbonyl (C=O) groups excluding carboxylic acids is 1. The van der Waals surface area contributed by atoms with Crippen LogP contribution in [0.5, 0.6) is 0 Å². The first kappa shape index (κ1) is 21.8. The van der Waals surface area contributed by atoms with E-state index in [9.17, 15) is 24.0 Å². The second-order valence-electron chi connectivity index (χ2n) is 4.92. The molecule has 0 rings (SSSR count). The van der Waals surface area contributed by atoms with Crippen molar-refractivity contribution in [2.24, 2.45) is 0 Å². The fourth-order valence-corrected chi connectivity index (χ4v) is 4.01. The molecule has 1 amide bonds. The van der Waals surface area contributed by atoms with E-state index in [0.29, 0.717) is 4.90 Å². The molecule has 0 radical (unpaired) electrons. The third-order valence-electron chi connectivity index (χ3n) is 2.93. The molecule has 0 fully saturated rings. The maximum absolute atomic E-state index is 12.0. The maximum Gasteiger partial charge on any atom is 0.323 e. The Morgan fingerprint density at radius 3 is 1.33 bits per heavy atom. The van der Waals surface area contributed by atoms with E-state index in [2.05, 4.69) is 0 Å². The van der Waals surface area contributed by atoms with Crippen LogP contribution in [0, 0.1) is 0 Å². The Bertz CT molecular complexity index is 460. The Kier molecular flexibility index (Phi) is 10.3. The van der Waals surface area contributed by atoms with Gasteiger partial charge in [0.2, 0.25) is 5.91 Å². The van der Waals surface area contributed by atoms with Crippen LogP contribution in [-0.2, 0) is 24.0 Å². The highest BCUT2D eigenvalue weighted by Crippen LogP contribution is 2.37. The van der Waals surface area contributed by atoms with Gasteiger partial charge in [-0.25, -0.2) is 0 Å². The molecule has 11 heteroatoms. The summed E-state index contributed by atoms with van der Waals surface area (Å²) in [5, 5.41) is 34.8. The molecule has 0 saturated carbocycles. The predicted molar refractivity (Wildman–Crippen MR) is 82.5 cm³/mol. The third-order valence-corrected chi connectivity index (χ3v) is 5.50. The van der Waals surface area contributed by atoms with Gasteiger partial charge in [0.15, 0.2) is 0 Å². The molecule has 0 heterocycles. The second-order valence-corrected chi connectivity index (χ2v) is 7.60. The van der Waals surface area contributed by atoms with Gasteiger partial charge in [0.1, 0.15) is 13.1 Å². The molecular formula is C13H20NO9P. The van der Waals surface area contributed by atoms with Crippen molar-refractivity contribution >= 4 is 37.7 Å². The number of carboxylic acid groups (broad SMARTS) is 4. The first-order valence-electron chi connectivity index (χ1n) is 6.99. The topological polar surface area (TPSA) is 170 Å². The van der Waals surface area contributed by atoms with Crippen molar-refractivity contribution in [2.75, 3.05) is 31.6 Å². The number of nitrogens with zero attached hydrogens (tertiary/aromatic N) is 1. The number of amides is 1. The Hall–Kier alpha value is -2.22. The van der Waals surface area contributed by atoms with Crippen molar-refractivity contribution in [3.05, 3.63) is 0 Å². The normalized spacial score (nSPS) is 10.4. The van der Waals surface area contributed by atoms with E-state index in [4.69, 9.17) is 20.4 Å². The number of rotatable bonds is 13. The van der Waals surface area contributed by atoms with Gasteiger partial charge >= 0.3 is 23.9 Å². The van der Waals surface area contributed by atoms with Crippen LogP contribution in [0.25, 0.3) is 0 Å². The Morgan fingerprint density at radius 2 is 1.00 bits per heavy atom. The lowest BCUT2D eigenvalue weighted by atomic mass is 10.3. The van der Waals surface area contributed by atoms with Gasteiger partial charge in [0, 0.05) is 19.3 Å². The van der Waals surface area contributed by atoms with Gasteiger partial charge in [0.25, 0.3) is 0 Å². The molecule has 10 nitrogen and oxygen atoms in total. The molecule has 0 bridgehead atoms. The summed E-state index contributed by atoms with van der Waals surface area (Å²) in [6.07, 6.45) is 0.295. The zero-order valence-corrected chi connectivity index (χ0v) is 13.8. The van der Waals surface area contributed by atoms with Crippen LogP contribution < -0.4 is 0 Å². The van der Waals surface area contributed by atoms with E-state index in [1.54, 1.807) is 0 Å². The van der Waals surface area contributed by atoms with Crippen LogP contribution in [0.1, 0.15) is 19.3 Å². The quantitative estimate of drug-likeness (QED) is 0.323. The average molecular weight is 365 g/mol. The van der Waals surface area contributed by atoms with Crippen molar-refractivity contribution in [3.8, 4) is 0 Å². The summed E-state index contributed by atoms with van der Waals surface area (Å²) in [6.45, 7) is -1.49. The SMILES string of the molecule is O=C(O)CCP(CCC(=O)O)CCC(=O)N(CC(=O)O)CC(=O)O. The van der Waals surface area contributed by atoms with Crippen LogP contribution in [0.15, 0.2) is 0 Å².